The smallest absolute Gasteiger partial charge is 0.341 e. The van der Waals surface area contributed by atoms with Gasteiger partial charge in [-0.15, -0.1) is 0 Å². The van der Waals surface area contributed by atoms with Crippen molar-refractivity contribution in [1.82, 2.24) is 4.90 Å². The molecular weight excluding hydrogens is 548 g/mol. The molecule has 2 N–H and O–H groups in total. The number of carbonyl (C=O) groups is 2. The molecule has 1 heterocycles. The summed E-state index contributed by atoms with van der Waals surface area (Å²) >= 11 is 0. The van der Waals surface area contributed by atoms with Crippen LogP contribution in [-0.4, -0.2) is 47.8 Å². The number of benzene rings is 2. The van der Waals surface area contributed by atoms with Gasteiger partial charge in [0.15, 0.2) is 0 Å². The van der Waals surface area contributed by atoms with Crippen molar-refractivity contribution in [2.24, 2.45) is 22.2 Å². The van der Waals surface area contributed by atoms with Crippen LogP contribution in [0.2, 0.25) is 0 Å². The third-order valence-corrected chi connectivity index (χ3v) is 9.07. The number of amides is 2. The Morgan fingerprint density at radius 3 is 2.36 bits per heavy atom. The molecule has 6 nitrogen and oxygen atoms in total. The zero-order valence-corrected chi connectivity index (χ0v) is 23.6. The van der Waals surface area contributed by atoms with E-state index in [2.05, 4.69) is 5.32 Å². The average Bonchev–Trinajstić information content (AvgIpc) is 3.52. The van der Waals surface area contributed by atoms with Gasteiger partial charge in [0.25, 0.3) is 0 Å². The molecule has 0 radical (unpaired) electrons. The number of nitrogens with zero attached hydrogens (tertiary/aromatic N) is 2. The van der Waals surface area contributed by atoms with Crippen molar-refractivity contribution in [2.75, 3.05) is 18.4 Å². The molecule has 0 spiro atoms. The van der Waals surface area contributed by atoms with Gasteiger partial charge in [0.2, 0.25) is 11.8 Å². The number of para-hydroxylation sites is 1. The molecule has 3 fully saturated rings. The van der Waals surface area contributed by atoms with Crippen molar-refractivity contribution in [3.8, 4) is 0 Å². The zero-order chi connectivity index (χ0) is 30.1. The molecule has 2 amide bonds. The number of nitrogens with one attached hydrogen (secondary N) is 2. The molecule has 5 rings (SSSR count). The fourth-order valence-electron chi connectivity index (χ4n) is 6.31. The van der Waals surface area contributed by atoms with Gasteiger partial charge < -0.3 is 15.6 Å². The first kappa shape index (κ1) is 29.9. The normalized spacial score (nSPS) is 24.6. The Balaban J connectivity index is 1.26. The SMILES string of the molecule is CC1(C(=NC2CCC(C(=O)Nc3ccccc3F)CC2)C(C=N)C(=O)N2CCC(c3ccccc3C(F)(F)F)C2)CC1. The van der Waals surface area contributed by atoms with E-state index < -0.39 is 29.4 Å². The topological polar surface area (TPSA) is 85.6 Å². The lowest BCUT2D eigenvalue weighted by atomic mass is 9.84. The predicted octanol–water partition coefficient (Wildman–Crippen LogP) is 6.86. The number of anilines is 1. The van der Waals surface area contributed by atoms with E-state index in [1.165, 1.54) is 24.3 Å². The fourth-order valence-corrected chi connectivity index (χ4v) is 6.31. The van der Waals surface area contributed by atoms with Gasteiger partial charge in [0.1, 0.15) is 11.7 Å². The van der Waals surface area contributed by atoms with Crippen LogP contribution in [0.25, 0.3) is 0 Å². The monoisotopic (exact) mass is 584 g/mol. The number of carbonyl (C=O) groups excluding carboxylic acids is 2. The number of likely N-dealkylation sites (tertiary alicyclic amines) is 1. The maximum atomic E-state index is 14.0. The number of alkyl halides is 3. The first-order valence-corrected chi connectivity index (χ1v) is 14.6. The van der Waals surface area contributed by atoms with Crippen LogP contribution in [0, 0.1) is 28.5 Å². The van der Waals surface area contributed by atoms with E-state index in [9.17, 15) is 27.2 Å². The van der Waals surface area contributed by atoms with Gasteiger partial charge in [-0.2, -0.15) is 13.2 Å². The average molecular weight is 585 g/mol. The molecule has 42 heavy (non-hydrogen) atoms. The van der Waals surface area contributed by atoms with E-state index in [1.54, 1.807) is 23.1 Å². The van der Waals surface area contributed by atoms with Gasteiger partial charge in [0.05, 0.1) is 11.3 Å². The molecular formula is C32H36F4N4O2. The van der Waals surface area contributed by atoms with Gasteiger partial charge in [-0.25, -0.2) is 4.39 Å². The summed E-state index contributed by atoms with van der Waals surface area (Å²) in [6.07, 6.45) is 1.20. The molecule has 10 heteroatoms. The van der Waals surface area contributed by atoms with E-state index in [-0.39, 0.29) is 47.0 Å². The molecule has 2 saturated carbocycles. The second kappa shape index (κ2) is 12.0. The highest BCUT2D eigenvalue weighted by Gasteiger charge is 2.48. The summed E-state index contributed by atoms with van der Waals surface area (Å²) in [4.78, 5) is 33.1. The Bertz CT molecular complexity index is 1360. The third-order valence-electron chi connectivity index (χ3n) is 9.07. The Kier molecular flexibility index (Phi) is 8.53. The second-order valence-corrected chi connectivity index (χ2v) is 12.0. The van der Waals surface area contributed by atoms with Gasteiger partial charge in [0, 0.05) is 48.3 Å². The van der Waals surface area contributed by atoms with E-state index in [4.69, 9.17) is 10.4 Å². The summed E-state index contributed by atoms with van der Waals surface area (Å²) in [5.41, 5.74) is 0.0640. The minimum absolute atomic E-state index is 0.102. The lowest BCUT2D eigenvalue weighted by Gasteiger charge is -2.29. The maximum Gasteiger partial charge on any atom is 0.416 e. The summed E-state index contributed by atoms with van der Waals surface area (Å²) in [7, 11) is 0. The highest BCUT2D eigenvalue weighted by molar-refractivity contribution is 6.18. The number of aliphatic imine (C=N–C) groups is 1. The number of rotatable bonds is 8. The minimum atomic E-state index is -4.47. The lowest BCUT2D eigenvalue weighted by Crippen LogP contribution is -2.42. The van der Waals surface area contributed by atoms with Crippen LogP contribution in [0.3, 0.4) is 0 Å². The van der Waals surface area contributed by atoms with Gasteiger partial charge >= 0.3 is 6.18 Å². The second-order valence-electron chi connectivity index (χ2n) is 12.0. The number of halogens is 4. The van der Waals surface area contributed by atoms with Crippen LogP contribution in [0.4, 0.5) is 23.2 Å². The Hall–Kier alpha value is -3.56. The standard InChI is InChI=1S/C32H36F4N4O2/c1-31(15-16-31)28(38-22-12-10-20(11-13-22)29(41)39-27-9-5-4-8-26(27)33)24(18-37)30(42)40-17-14-21(19-40)23-6-2-3-7-25(23)32(34,35)36/h2-9,18,20-22,24,37H,10-17,19H2,1H3,(H,39,41). The number of hydrogen-bond donors (Lipinski definition) is 2. The van der Waals surface area contributed by atoms with E-state index >= 15 is 0 Å². The van der Waals surface area contributed by atoms with Crippen LogP contribution in [0.1, 0.15) is 68.9 Å². The largest absolute Gasteiger partial charge is 0.416 e. The van der Waals surface area contributed by atoms with Crippen LogP contribution in [-0.2, 0) is 15.8 Å². The van der Waals surface area contributed by atoms with Crippen molar-refractivity contribution in [3.63, 3.8) is 0 Å². The summed E-state index contributed by atoms with van der Waals surface area (Å²) in [5, 5.41) is 10.8. The van der Waals surface area contributed by atoms with Crippen LogP contribution in [0.5, 0.6) is 0 Å². The Labute approximate surface area is 243 Å². The summed E-state index contributed by atoms with van der Waals surface area (Å²) in [5.74, 6) is -2.56. The van der Waals surface area contributed by atoms with Crippen molar-refractivity contribution in [2.45, 2.75) is 70.0 Å². The molecule has 2 atom stereocenters. The van der Waals surface area contributed by atoms with Gasteiger partial charge in [-0.1, -0.05) is 37.3 Å². The van der Waals surface area contributed by atoms with Crippen molar-refractivity contribution in [1.29, 1.82) is 5.41 Å². The molecule has 0 bridgehead atoms. The first-order valence-electron chi connectivity index (χ1n) is 14.6. The highest BCUT2D eigenvalue weighted by atomic mass is 19.4. The summed E-state index contributed by atoms with van der Waals surface area (Å²) < 4.78 is 54.9. The van der Waals surface area contributed by atoms with Gasteiger partial charge in [-0.3, -0.25) is 14.6 Å². The van der Waals surface area contributed by atoms with Crippen molar-refractivity contribution in [3.05, 3.63) is 65.5 Å². The van der Waals surface area contributed by atoms with E-state index in [0.29, 0.717) is 44.4 Å². The maximum absolute atomic E-state index is 14.0. The van der Waals surface area contributed by atoms with Crippen molar-refractivity contribution >= 4 is 29.4 Å². The molecule has 0 aromatic heterocycles. The van der Waals surface area contributed by atoms with Crippen molar-refractivity contribution < 1.29 is 27.2 Å². The first-order chi connectivity index (χ1) is 20.0. The number of hydrogen-bond acceptors (Lipinski definition) is 4. The molecule has 1 aliphatic heterocycles. The molecule has 2 aliphatic carbocycles. The fraction of sp³-hybridized carbons (Fsp3) is 0.500. The molecule has 3 aliphatic rings. The quantitative estimate of drug-likeness (QED) is 0.262. The van der Waals surface area contributed by atoms with E-state index in [0.717, 1.165) is 25.1 Å². The summed E-state index contributed by atoms with van der Waals surface area (Å²) in [6.45, 7) is 2.53. The zero-order valence-electron chi connectivity index (χ0n) is 23.6. The Morgan fingerprint density at radius 1 is 1.05 bits per heavy atom. The lowest BCUT2D eigenvalue weighted by molar-refractivity contribution is -0.138. The molecule has 224 valence electrons. The predicted molar refractivity (Wildman–Crippen MR) is 153 cm³/mol. The molecule has 2 aromatic rings. The van der Waals surface area contributed by atoms with Crippen LogP contribution < -0.4 is 5.32 Å². The minimum Gasteiger partial charge on any atom is -0.341 e. The molecule has 2 aromatic carbocycles. The van der Waals surface area contributed by atoms with Crippen LogP contribution >= 0.6 is 0 Å². The van der Waals surface area contributed by atoms with E-state index in [1.807, 2.05) is 6.92 Å². The Morgan fingerprint density at radius 2 is 1.71 bits per heavy atom. The molecule has 2 unspecified atom stereocenters. The third kappa shape index (κ3) is 6.42. The van der Waals surface area contributed by atoms with Crippen LogP contribution in [0.15, 0.2) is 53.5 Å². The molecule has 1 saturated heterocycles. The summed E-state index contributed by atoms with van der Waals surface area (Å²) in [6, 6.07) is 11.5. The highest BCUT2D eigenvalue weighted by Crippen LogP contribution is 2.49. The van der Waals surface area contributed by atoms with Gasteiger partial charge in [-0.05, 0) is 68.7 Å².